The van der Waals surface area contributed by atoms with Crippen LogP contribution in [-0.2, 0) is 10.1 Å². The van der Waals surface area contributed by atoms with Crippen LogP contribution in [-0.4, -0.2) is 8.42 Å². The fourth-order valence-corrected chi connectivity index (χ4v) is 4.02. The van der Waals surface area contributed by atoms with E-state index < -0.39 is 10.1 Å². The summed E-state index contributed by atoms with van der Waals surface area (Å²) in [7, 11) is -3.84. The molecular formula is C15H15BrO3S. The Kier molecular flexibility index (Phi) is 4.20. The summed E-state index contributed by atoms with van der Waals surface area (Å²) >= 11 is 3.27. The fraction of sp³-hybridized carbons (Fsp3) is 0.200. The van der Waals surface area contributed by atoms with Gasteiger partial charge in [-0.3, -0.25) is 0 Å². The molecule has 5 heteroatoms. The lowest BCUT2D eigenvalue weighted by Crippen LogP contribution is -2.10. The second-order valence-electron chi connectivity index (χ2n) is 4.79. The van der Waals surface area contributed by atoms with Crippen LogP contribution in [0.4, 0.5) is 0 Å². The maximum atomic E-state index is 12.3. The second-order valence-corrected chi connectivity index (χ2v) is 7.16. The summed E-state index contributed by atoms with van der Waals surface area (Å²) in [6.07, 6.45) is 0. The van der Waals surface area contributed by atoms with Crippen molar-refractivity contribution >= 4 is 26.0 Å². The van der Waals surface area contributed by atoms with E-state index in [-0.39, 0.29) is 4.90 Å². The van der Waals surface area contributed by atoms with Gasteiger partial charge < -0.3 is 4.18 Å². The Morgan fingerprint density at radius 1 is 0.900 bits per heavy atom. The van der Waals surface area contributed by atoms with Crippen molar-refractivity contribution < 1.29 is 12.6 Å². The highest BCUT2D eigenvalue weighted by Gasteiger charge is 2.20. The van der Waals surface area contributed by atoms with Gasteiger partial charge in [0.15, 0.2) is 0 Å². The van der Waals surface area contributed by atoms with Crippen molar-refractivity contribution in [2.45, 2.75) is 25.7 Å². The first-order chi connectivity index (χ1) is 9.28. The summed E-state index contributed by atoms with van der Waals surface area (Å²) in [4.78, 5) is 0.127. The Labute approximate surface area is 127 Å². The summed E-state index contributed by atoms with van der Waals surface area (Å²) in [6.45, 7) is 5.69. The quantitative estimate of drug-likeness (QED) is 0.777. The van der Waals surface area contributed by atoms with Gasteiger partial charge >= 0.3 is 10.1 Å². The Bertz CT molecular complexity index is 731. The molecule has 2 rings (SSSR count). The molecule has 0 heterocycles. The Morgan fingerprint density at radius 2 is 1.50 bits per heavy atom. The van der Waals surface area contributed by atoms with Gasteiger partial charge in [0.1, 0.15) is 10.6 Å². The number of hydrogen-bond donors (Lipinski definition) is 0. The Balaban J connectivity index is 2.40. The predicted octanol–water partition coefficient (Wildman–Crippen LogP) is 4.14. The van der Waals surface area contributed by atoms with Crippen molar-refractivity contribution in [3.05, 3.63) is 57.6 Å². The van der Waals surface area contributed by atoms with Gasteiger partial charge in [0.2, 0.25) is 0 Å². The minimum Gasteiger partial charge on any atom is -0.379 e. The van der Waals surface area contributed by atoms with E-state index in [0.717, 1.165) is 16.7 Å². The third-order valence-electron chi connectivity index (χ3n) is 2.76. The average molecular weight is 355 g/mol. The highest BCUT2D eigenvalue weighted by atomic mass is 79.9. The maximum absolute atomic E-state index is 12.3. The van der Waals surface area contributed by atoms with Gasteiger partial charge in [0.05, 0.1) is 0 Å². The molecule has 0 aliphatic heterocycles. The van der Waals surface area contributed by atoms with Crippen LogP contribution in [0.3, 0.4) is 0 Å². The zero-order chi connectivity index (χ0) is 14.9. The molecule has 0 aliphatic carbocycles. The first kappa shape index (κ1) is 15.1. The summed E-state index contributed by atoms with van der Waals surface area (Å²) < 4.78 is 30.3. The van der Waals surface area contributed by atoms with Crippen LogP contribution < -0.4 is 4.18 Å². The normalized spacial score (nSPS) is 11.4. The van der Waals surface area contributed by atoms with E-state index in [0.29, 0.717) is 10.2 Å². The number of halogens is 1. The highest BCUT2D eigenvalue weighted by molar-refractivity contribution is 9.10. The van der Waals surface area contributed by atoms with E-state index >= 15 is 0 Å². The summed E-state index contributed by atoms with van der Waals surface area (Å²) in [5.74, 6) is 0.329. The molecular weight excluding hydrogens is 340 g/mol. The molecule has 3 nitrogen and oxygen atoms in total. The molecule has 0 unspecified atom stereocenters. The zero-order valence-electron chi connectivity index (χ0n) is 11.5. The van der Waals surface area contributed by atoms with E-state index in [1.54, 1.807) is 24.3 Å². The largest absolute Gasteiger partial charge is 0.379 e. The van der Waals surface area contributed by atoms with Gasteiger partial charge in [0, 0.05) is 4.47 Å². The first-order valence-electron chi connectivity index (χ1n) is 6.07. The molecule has 20 heavy (non-hydrogen) atoms. The molecule has 0 amide bonds. The molecule has 0 saturated carbocycles. The standard InChI is InChI=1S/C15H15BrO3S/c1-10-4-5-15(14(16)9-10)20(17,18)19-13-7-11(2)6-12(3)8-13/h4-9H,1-3H3. The molecule has 0 aromatic heterocycles. The Morgan fingerprint density at radius 3 is 2.05 bits per heavy atom. The maximum Gasteiger partial charge on any atom is 0.340 e. The molecule has 0 spiro atoms. The summed E-state index contributed by atoms with van der Waals surface area (Å²) in [5, 5.41) is 0. The van der Waals surface area contributed by atoms with Gasteiger partial charge in [-0.1, -0.05) is 12.1 Å². The van der Waals surface area contributed by atoms with Crippen molar-refractivity contribution in [2.75, 3.05) is 0 Å². The number of benzene rings is 2. The molecule has 2 aromatic carbocycles. The first-order valence-corrected chi connectivity index (χ1v) is 8.27. The number of rotatable bonds is 3. The minimum absolute atomic E-state index is 0.127. The van der Waals surface area contributed by atoms with Gasteiger partial charge in [0.25, 0.3) is 0 Å². The number of hydrogen-bond acceptors (Lipinski definition) is 3. The van der Waals surface area contributed by atoms with E-state index in [1.165, 1.54) is 6.07 Å². The third-order valence-corrected chi connectivity index (χ3v) is 4.98. The molecule has 0 bridgehead atoms. The fourth-order valence-electron chi connectivity index (χ4n) is 1.96. The van der Waals surface area contributed by atoms with E-state index in [9.17, 15) is 8.42 Å². The number of aryl methyl sites for hydroxylation is 3. The molecule has 0 saturated heterocycles. The summed E-state index contributed by atoms with van der Waals surface area (Å²) in [5.41, 5.74) is 2.89. The van der Waals surface area contributed by atoms with Crippen LogP contribution in [0.25, 0.3) is 0 Å². The smallest absolute Gasteiger partial charge is 0.340 e. The molecule has 2 aromatic rings. The van der Waals surface area contributed by atoms with Crippen molar-refractivity contribution in [3.8, 4) is 5.75 Å². The lowest BCUT2D eigenvalue weighted by Gasteiger charge is -2.10. The van der Waals surface area contributed by atoms with Gasteiger partial charge in [-0.2, -0.15) is 8.42 Å². The van der Waals surface area contributed by atoms with Crippen LogP contribution in [0.2, 0.25) is 0 Å². The Hall–Kier alpha value is -1.33. The predicted molar refractivity (Wildman–Crippen MR) is 82.6 cm³/mol. The van der Waals surface area contributed by atoms with Crippen molar-refractivity contribution in [1.29, 1.82) is 0 Å². The third kappa shape index (κ3) is 3.41. The van der Waals surface area contributed by atoms with Crippen molar-refractivity contribution in [3.63, 3.8) is 0 Å². The highest BCUT2D eigenvalue weighted by Crippen LogP contribution is 2.27. The molecule has 0 atom stereocenters. The molecule has 0 N–H and O–H groups in total. The lowest BCUT2D eigenvalue weighted by atomic mass is 10.1. The van der Waals surface area contributed by atoms with Crippen molar-refractivity contribution in [1.82, 2.24) is 0 Å². The van der Waals surface area contributed by atoms with Crippen LogP contribution in [0.15, 0.2) is 45.8 Å². The molecule has 106 valence electrons. The zero-order valence-corrected chi connectivity index (χ0v) is 13.9. The van der Waals surface area contributed by atoms with Gasteiger partial charge in [-0.05, 0) is 77.7 Å². The minimum atomic E-state index is -3.84. The van der Waals surface area contributed by atoms with Crippen molar-refractivity contribution in [2.24, 2.45) is 0 Å². The van der Waals surface area contributed by atoms with Crippen LogP contribution in [0.1, 0.15) is 16.7 Å². The summed E-state index contributed by atoms with van der Waals surface area (Å²) in [6, 6.07) is 10.4. The van der Waals surface area contributed by atoms with E-state index in [2.05, 4.69) is 15.9 Å². The topological polar surface area (TPSA) is 43.4 Å². The molecule has 0 fully saturated rings. The monoisotopic (exact) mass is 354 g/mol. The van der Waals surface area contributed by atoms with Gasteiger partial charge in [-0.25, -0.2) is 0 Å². The lowest BCUT2D eigenvalue weighted by molar-refractivity contribution is 0.485. The second kappa shape index (κ2) is 5.58. The SMILES string of the molecule is Cc1cc(C)cc(OS(=O)(=O)c2ccc(C)cc2Br)c1. The van der Waals surface area contributed by atoms with E-state index in [4.69, 9.17) is 4.18 Å². The van der Waals surface area contributed by atoms with Crippen LogP contribution >= 0.6 is 15.9 Å². The van der Waals surface area contributed by atoms with E-state index in [1.807, 2.05) is 26.8 Å². The average Bonchev–Trinajstić information content (AvgIpc) is 2.25. The molecule has 0 radical (unpaired) electrons. The molecule has 0 aliphatic rings. The van der Waals surface area contributed by atoms with Crippen LogP contribution in [0, 0.1) is 20.8 Å². The van der Waals surface area contributed by atoms with Crippen LogP contribution in [0.5, 0.6) is 5.75 Å². The van der Waals surface area contributed by atoms with Gasteiger partial charge in [-0.15, -0.1) is 0 Å².